The van der Waals surface area contributed by atoms with Crippen molar-refractivity contribution in [3.63, 3.8) is 0 Å². The monoisotopic (exact) mass is 955 g/mol. The number of ether oxygens (including phenoxy) is 4. The number of Topliss-reactive ketones (excluding diaryl/α,β-unsaturated/α-hetero) is 1. The number of ketones is 1. The number of β-amino-alcohol motifs (C(OH)–C–C–N with tert-alkyl or cyclic N) is 2. The molecule has 365 valence electrons. The second-order valence-corrected chi connectivity index (χ2v) is 14.6. The zero-order valence-corrected chi connectivity index (χ0v) is 39.2. The normalized spacial score (nSPS) is 18.7. The molecule has 0 unspecified atom stereocenters. The number of aliphatic hydroxyl groups excluding tert-OH is 3. The minimum Gasteiger partial charge on any atom is -1.00 e. The van der Waals surface area contributed by atoms with Crippen molar-refractivity contribution in [3.05, 3.63) is 42.5 Å². The van der Waals surface area contributed by atoms with Crippen LogP contribution in [0.4, 0.5) is 29.2 Å². The van der Waals surface area contributed by atoms with Crippen molar-refractivity contribution >= 4 is 43.6 Å². The summed E-state index contributed by atoms with van der Waals surface area (Å²) in [5.74, 6) is 1.55. The van der Waals surface area contributed by atoms with Crippen LogP contribution in [0.3, 0.4) is 0 Å². The van der Waals surface area contributed by atoms with Crippen LogP contribution in [-0.4, -0.2) is 245 Å². The van der Waals surface area contributed by atoms with Crippen molar-refractivity contribution < 1.29 is 102 Å². The number of aliphatic hydroxyl groups is 3. The smallest absolute Gasteiger partial charge is 1.00 e. The van der Waals surface area contributed by atoms with E-state index in [-0.39, 0.29) is 87.8 Å². The molecule has 0 aliphatic carbocycles. The number of pyridine rings is 2. The van der Waals surface area contributed by atoms with Gasteiger partial charge in [-0.05, 0) is 12.1 Å². The van der Waals surface area contributed by atoms with E-state index in [9.17, 15) is 36.7 Å². The van der Waals surface area contributed by atoms with Crippen LogP contribution < -0.4 is 51.1 Å². The molecule has 66 heavy (non-hydrogen) atoms. The van der Waals surface area contributed by atoms with Crippen molar-refractivity contribution in [1.29, 1.82) is 0 Å². The Hall–Kier alpha value is -3.80. The summed E-state index contributed by atoms with van der Waals surface area (Å²) in [7, 11) is 0. The maximum absolute atomic E-state index is 12.1. The van der Waals surface area contributed by atoms with Crippen LogP contribution in [-0.2, 0) is 33.4 Å². The average molecular weight is 956 g/mol. The second-order valence-electron chi connectivity index (χ2n) is 14.6. The van der Waals surface area contributed by atoms with Gasteiger partial charge in [-0.25, -0.2) is 14.4 Å². The molecule has 2 aromatic rings. The SMILES string of the molecule is Nc1cc(F)ccn1.Nc1cc(OCCN2CCN(C3COC3)CC2=O)ccn1.O=C1CN(C2COC2)CCN1CCO.O=C1CNCCN1CCO.O=C1COC1.OCC(F)(F)F.[B].[H-].[Na+]. The van der Waals surface area contributed by atoms with Crippen LogP contribution in [0.2, 0.25) is 0 Å². The number of alkyl halides is 3. The number of nitrogens with zero attached hydrogens (tertiary/aromatic N) is 7. The number of aromatic nitrogens is 2. The molecule has 0 bridgehead atoms. The third-order valence-corrected chi connectivity index (χ3v) is 9.73. The molecule has 6 saturated heterocycles. The number of halogens is 4. The van der Waals surface area contributed by atoms with Gasteiger partial charge in [0.25, 0.3) is 0 Å². The van der Waals surface area contributed by atoms with Gasteiger partial charge in [-0.15, -0.1) is 0 Å². The van der Waals surface area contributed by atoms with Gasteiger partial charge in [-0.1, -0.05) is 0 Å². The summed E-state index contributed by atoms with van der Waals surface area (Å²) in [4.78, 5) is 61.5. The number of nitrogen functional groups attached to an aromatic ring is 2. The summed E-state index contributed by atoms with van der Waals surface area (Å²) in [6.07, 6.45) is -1.47. The molecule has 21 nitrogen and oxygen atoms in total. The molecule has 8 heterocycles. The maximum Gasteiger partial charge on any atom is 1.00 e. The van der Waals surface area contributed by atoms with Crippen LogP contribution in [0.1, 0.15) is 1.43 Å². The average Bonchev–Trinajstić information content (AvgIpc) is 3.20. The predicted octanol–water partition coefficient (Wildman–Crippen LogP) is -5.82. The molecule has 6 fully saturated rings. The number of piperazine rings is 3. The standard InChI is InChI=1S/C14H20N4O3.C9H16N2O3.C6H12N2O2.C5H5FN2.C3H4O2.C2H3F3O.B.Na.H/c15-13-7-12(1-2-16-13)21-6-5-17-3-4-18(8-14(17)19)11-9-20-10-11;12-4-3-10-1-2-11(5-9(10)13)8-6-14-7-8;9-4-3-8-2-1-7-5-6(8)10;6-4-1-2-8-5(7)3-4;4-3-1-5-2-3;3-2(4,5)1-6;;;/h1-2,7,11H,3-6,8-10H2,(H2,15,16);8,12H,1-7H2;7,9H,1-5H2;1-3H,(H2,7,8);1-2H2;6H,1H2;;;/q;;;;;;;+1;-1. The topological polar surface area (TPSA) is 272 Å². The number of nitrogens with one attached hydrogen (secondary N) is 1. The minimum atomic E-state index is -4.40. The third-order valence-electron chi connectivity index (χ3n) is 9.73. The van der Waals surface area contributed by atoms with Crippen LogP contribution >= 0.6 is 0 Å². The van der Waals surface area contributed by atoms with Gasteiger partial charge < -0.3 is 67.2 Å². The van der Waals surface area contributed by atoms with Crippen molar-refractivity contribution in [2.75, 3.05) is 156 Å². The van der Waals surface area contributed by atoms with E-state index in [4.69, 9.17) is 41.0 Å². The zero-order chi connectivity index (χ0) is 46.9. The van der Waals surface area contributed by atoms with Crippen molar-refractivity contribution in [2.24, 2.45) is 0 Å². The number of carbonyl (C=O) groups is 4. The van der Waals surface area contributed by atoms with Crippen LogP contribution in [0.15, 0.2) is 36.7 Å². The molecule has 0 spiro atoms. The van der Waals surface area contributed by atoms with Crippen LogP contribution in [0.5, 0.6) is 5.75 Å². The number of rotatable bonds is 10. The summed E-state index contributed by atoms with van der Waals surface area (Å²) in [6, 6.07) is 6.71. The van der Waals surface area contributed by atoms with Crippen LogP contribution in [0.25, 0.3) is 0 Å². The number of anilines is 2. The van der Waals surface area contributed by atoms with E-state index < -0.39 is 12.8 Å². The first kappa shape index (κ1) is 60.2. The van der Waals surface area contributed by atoms with Gasteiger partial charge in [-0.3, -0.25) is 29.0 Å². The van der Waals surface area contributed by atoms with E-state index >= 15 is 0 Å². The molecule has 2 aromatic heterocycles. The Labute approximate surface area is 406 Å². The Kier molecular flexibility index (Phi) is 30.0. The molecule has 3 radical (unpaired) electrons. The molecule has 8 N–H and O–H groups in total. The van der Waals surface area contributed by atoms with Gasteiger partial charge in [0.1, 0.15) is 49.6 Å². The molecule has 27 heteroatoms. The minimum absolute atomic E-state index is 0. The predicted molar refractivity (Wildman–Crippen MR) is 228 cm³/mol. The quantitative estimate of drug-likeness (QED) is 0.0957. The zero-order valence-electron chi connectivity index (χ0n) is 38.2. The summed E-state index contributed by atoms with van der Waals surface area (Å²) in [6.45, 7) is 10.3. The van der Waals surface area contributed by atoms with Gasteiger partial charge in [0, 0.05) is 85.3 Å². The first-order chi connectivity index (χ1) is 30.6. The Morgan fingerprint density at radius 1 is 0.742 bits per heavy atom. The summed E-state index contributed by atoms with van der Waals surface area (Å²) in [5.41, 5.74) is 10.7. The van der Waals surface area contributed by atoms with Crippen molar-refractivity contribution in [1.82, 2.24) is 39.8 Å². The Morgan fingerprint density at radius 3 is 1.56 bits per heavy atom. The van der Waals surface area contributed by atoms with E-state index in [0.717, 1.165) is 65.7 Å². The largest absolute Gasteiger partial charge is 1.00 e. The fraction of sp³-hybridized carbons (Fsp3) is 0.641. The third kappa shape index (κ3) is 23.8. The van der Waals surface area contributed by atoms with Gasteiger partial charge >= 0.3 is 35.7 Å². The first-order valence-corrected chi connectivity index (χ1v) is 20.5. The molecule has 6 aliphatic heterocycles. The Balaban J connectivity index is 0.000000829. The van der Waals surface area contributed by atoms with Crippen molar-refractivity contribution in [3.8, 4) is 5.75 Å². The maximum atomic E-state index is 12.1. The number of nitrogens with two attached hydrogens (primary N) is 2. The van der Waals surface area contributed by atoms with Gasteiger partial charge in [0.05, 0.1) is 77.9 Å². The van der Waals surface area contributed by atoms with E-state index in [2.05, 4.69) is 29.8 Å². The van der Waals surface area contributed by atoms with E-state index in [1.54, 1.807) is 28.1 Å². The molecule has 0 saturated carbocycles. The molecular formula is C39H61BF4N10NaO11. The number of carbonyl (C=O) groups excluding carboxylic acids is 4. The Morgan fingerprint density at radius 2 is 1.21 bits per heavy atom. The van der Waals surface area contributed by atoms with Gasteiger partial charge in [0.15, 0.2) is 5.78 Å². The number of hydrogen-bond acceptors (Lipinski definition) is 18. The molecule has 8 rings (SSSR count). The molecular weight excluding hydrogens is 894 g/mol. The fourth-order valence-corrected chi connectivity index (χ4v) is 5.94. The molecule has 0 atom stereocenters. The van der Waals surface area contributed by atoms with Gasteiger partial charge in [0.2, 0.25) is 17.7 Å². The summed E-state index contributed by atoms with van der Waals surface area (Å²) >= 11 is 0. The molecule has 3 amide bonds. The summed E-state index contributed by atoms with van der Waals surface area (Å²) < 4.78 is 64.0. The van der Waals surface area contributed by atoms with Gasteiger partial charge in [-0.2, -0.15) is 13.2 Å². The second kappa shape index (κ2) is 32.8. The van der Waals surface area contributed by atoms with Crippen molar-refractivity contribution in [2.45, 2.75) is 18.3 Å². The number of hydrogen-bond donors (Lipinski definition) is 6. The first-order valence-electron chi connectivity index (χ1n) is 20.5. The molecule has 6 aliphatic rings. The van der Waals surface area contributed by atoms with E-state index in [0.29, 0.717) is 82.7 Å². The van der Waals surface area contributed by atoms with Crippen LogP contribution in [0, 0.1) is 5.82 Å². The Bertz CT molecular complexity index is 1710. The van der Waals surface area contributed by atoms with E-state index in [1.165, 1.54) is 18.3 Å². The fourth-order valence-electron chi connectivity index (χ4n) is 5.94. The number of amides is 3. The molecule has 0 aromatic carbocycles. The van der Waals surface area contributed by atoms with E-state index in [1.807, 2.05) is 4.90 Å². The summed E-state index contributed by atoms with van der Waals surface area (Å²) in [5, 5.41) is 27.5.